The van der Waals surface area contributed by atoms with E-state index < -0.39 is 47.8 Å². The van der Waals surface area contributed by atoms with Gasteiger partial charge in [0, 0.05) is 42.5 Å². The Labute approximate surface area is 247 Å². The first-order valence-electron chi connectivity index (χ1n) is 13.0. The van der Waals surface area contributed by atoms with Gasteiger partial charge in [0.05, 0.1) is 5.25 Å². The summed E-state index contributed by atoms with van der Waals surface area (Å²) in [6, 6.07) is 17.7. The van der Waals surface area contributed by atoms with Gasteiger partial charge in [-0.25, -0.2) is 0 Å². The lowest BCUT2D eigenvalue weighted by Gasteiger charge is -2.44. The standard InChI is InChI=1S/C31H32O8S2/c1-17-9-10-23(14-24(17)15-25-11-12-26(41-25)22-8-6-7-21(13-22)16-32)27-30(40-5)28(36-18(2)33)29(37-19(3)34)31(39-27)38-20(4)35/h6-14,16,27-31H,15H2,1-5H3/t27?,28-,29-,30-,31-/m0/s1. The second-order valence-corrected chi connectivity index (χ2v) is 11.9. The number of thioether (sulfide) groups is 1. The average Bonchev–Trinajstić information content (AvgIpc) is 3.39. The quantitative estimate of drug-likeness (QED) is 0.175. The first-order valence-corrected chi connectivity index (χ1v) is 15.1. The van der Waals surface area contributed by atoms with E-state index in [0.717, 1.165) is 38.3 Å². The van der Waals surface area contributed by atoms with Crippen LogP contribution in [0.4, 0.5) is 0 Å². The first kappa shape index (κ1) is 30.5. The fraction of sp³-hybridized carbons (Fsp3) is 0.355. The molecular formula is C31H32O8S2. The van der Waals surface area contributed by atoms with Crippen LogP contribution in [0.3, 0.4) is 0 Å². The predicted octanol–water partition coefficient (Wildman–Crippen LogP) is 5.68. The third-order valence-electron chi connectivity index (χ3n) is 6.69. The highest BCUT2D eigenvalue weighted by Gasteiger charge is 2.51. The number of rotatable bonds is 9. The van der Waals surface area contributed by atoms with Crippen molar-refractivity contribution < 1.29 is 38.1 Å². The zero-order valence-electron chi connectivity index (χ0n) is 23.4. The van der Waals surface area contributed by atoms with Crippen molar-refractivity contribution in [3.63, 3.8) is 0 Å². The van der Waals surface area contributed by atoms with Crippen LogP contribution < -0.4 is 0 Å². The fourth-order valence-electron chi connectivity index (χ4n) is 4.88. The van der Waals surface area contributed by atoms with Crippen molar-refractivity contribution in [2.45, 2.75) is 64.0 Å². The normalized spacial score (nSPS) is 22.0. The van der Waals surface area contributed by atoms with Crippen LogP contribution in [-0.4, -0.2) is 54.2 Å². The number of esters is 3. The molecule has 216 valence electrons. The Balaban J connectivity index is 1.66. The molecule has 0 bridgehead atoms. The lowest BCUT2D eigenvalue weighted by atomic mass is 9.92. The van der Waals surface area contributed by atoms with Crippen molar-refractivity contribution in [2.24, 2.45) is 0 Å². The Bertz CT molecular complexity index is 1430. The third kappa shape index (κ3) is 7.44. The Morgan fingerprint density at radius 1 is 0.927 bits per heavy atom. The van der Waals surface area contributed by atoms with Crippen molar-refractivity contribution >= 4 is 47.3 Å². The molecule has 1 aliphatic rings. The van der Waals surface area contributed by atoms with E-state index in [2.05, 4.69) is 18.2 Å². The summed E-state index contributed by atoms with van der Waals surface area (Å²) in [7, 11) is 0. The van der Waals surface area contributed by atoms with Crippen LogP contribution in [0.1, 0.15) is 58.8 Å². The van der Waals surface area contributed by atoms with E-state index in [4.69, 9.17) is 18.9 Å². The van der Waals surface area contributed by atoms with Gasteiger partial charge in [0.15, 0.2) is 6.10 Å². The topological polar surface area (TPSA) is 105 Å². The molecule has 1 aliphatic heterocycles. The molecule has 2 aromatic carbocycles. The zero-order valence-corrected chi connectivity index (χ0v) is 25.1. The summed E-state index contributed by atoms with van der Waals surface area (Å²) < 4.78 is 22.8. The minimum Gasteiger partial charge on any atom is -0.457 e. The second kappa shape index (κ2) is 13.5. The maximum Gasteiger partial charge on any atom is 0.305 e. The van der Waals surface area contributed by atoms with Crippen LogP contribution in [0, 0.1) is 6.92 Å². The van der Waals surface area contributed by atoms with E-state index in [1.807, 2.05) is 43.5 Å². The van der Waals surface area contributed by atoms with Gasteiger partial charge in [-0.15, -0.1) is 11.3 Å². The van der Waals surface area contributed by atoms with E-state index in [1.54, 1.807) is 17.4 Å². The molecule has 2 heterocycles. The highest BCUT2D eigenvalue weighted by molar-refractivity contribution is 7.99. The van der Waals surface area contributed by atoms with Crippen LogP contribution in [0.2, 0.25) is 0 Å². The SMILES string of the molecule is CS[C@H]1C(c2ccc(C)c(Cc3ccc(-c4cccc(C=O)c4)s3)c2)O[C@H](OC(C)=O)[C@@H](OC(C)=O)[C@@H]1OC(C)=O. The van der Waals surface area contributed by atoms with Crippen molar-refractivity contribution in [3.05, 3.63) is 81.7 Å². The Morgan fingerprint density at radius 3 is 2.29 bits per heavy atom. The summed E-state index contributed by atoms with van der Waals surface area (Å²) >= 11 is 3.07. The van der Waals surface area contributed by atoms with E-state index in [0.29, 0.717) is 12.0 Å². The Hall–Kier alpha value is -3.47. The number of benzene rings is 2. The van der Waals surface area contributed by atoms with Gasteiger partial charge in [0.1, 0.15) is 12.4 Å². The molecule has 0 aliphatic carbocycles. The van der Waals surface area contributed by atoms with Gasteiger partial charge in [-0.2, -0.15) is 11.8 Å². The zero-order chi connectivity index (χ0) is 29.7. The van der Waals surface area contributed by atoms with Crippen LogP contribution in [0.5, 0.6) is 0 Å². The first-order chi connectivity index (χ1) is 19.6. The Kier molecular flexibility index (Phi) is 10.0. The van der Waals surface area contributed by atoms with Crippen molar-refractivity contribution in [2.75, 3.05) is 6.26 Å². The predicted molar refractivity (Wildman–Crippen MR) is 157 cm³/mol. The third-order valence-corrected chi connectivity index (χ3v) is 8.88. The number of carbonyl (C=O) groups excluding carboxylic acids is 4. The van der Waals surface area contributed by atoms with Gasteiger partial charge in [0.2, 0.25) is 12.4 Å². The Morgan fingerprint density at radius 2 is 1.63 bits per heavy atom. The largest absolute Gasteiger partial charge is 0.457 e. The molecule has 5 atom stereocenters. The summed E-state index contributed by atoms with van der Waals surface area (Å²) in [6.07, 6.45) is -0.561. The summed E-state index contributed by atoms with van der Waals surface area (Å²) in [5, 5.41) is -0.455. The molecule has 0 radical (unpaired) electrons. The minimum atomic E-state index is -1.26. The summed E-state index contributed by atoms with van der Waals surface area (Å²) in [6.45, 7) is 5.78. The number of hydrogen-bond donors (Lipinski definition) is 0. The van der Waals surface area contributed by atoms with Crippen LogP contribution >= 0.6 is 23.1 Å². The molecule has 0 amide bonds. The van der Waals surface area contributed by atoms with Crippen molar-refractivity contribution in [1.29, 1.82) is 0 Å². The fourth-order valence-corrected chi connectivity index (χ4v) is 6.85. The molecule has 3 aromatic rings. The molecule has 1 aromatic heterocycles. The van der Waals surface area contributed by atoms with E-state index >= 15 is 0 Å². The van der Waals surface area contributed by atoms with Gasteiger partial charge in [-0.1, -0.05) is 36.4 Å². The highest BCUT2D eigenvalue weighted by Crippen LogP contribution is 2.42. The number of aldehydes is 1. The van der Waals surface area contributed by atoms with Gasteiger partial charge in [-0.3, -0.25) is 19.2 Å². The molecule has 0 spiro atoms. The molecule has 1 saturated heterocycles. The molecule has 0 N–H and O–H groups in total. The van der Waals surface area contributed by atoms with Crippen molar-refractivity contribution in [3.8, 4) is 10.4 Å². The summed E-state index contributed by atoms with van der Waals surface area (Å²) in [5.74, 6) is -1.78. The number of ether oxygens (including phenoxy) is 4. The molecule has 1 fully saturated rings. The highest BCUT2D eigenvalue weighted by atomic mass is 32.2. The van der Waals surface area contributed by atoms with E-state index in [9.17, 15) is 19.2 Å². The van der Waals surface area contributed by atoms with Gasteiger partial charge >= 0.3 is 17.9 Å². The smallest absolute Gasteiger partial charge is 0.305 e. The molecular weight excluding hydrogens is 564 g/mol. The number of carbonyl (C=O) groups is 4. The maximum absolute atomic E-state index is 12.1. The van der Waals surface area contributed by atoms with Gasteiger partial charge in [0.25, 0.3) is 0 Å². The molecule has 1 unspecified atom stereocenters. The van der Waals surface area contributed by atoms with Crippen LogP contribution in [-0.2, 0) is 39.8 Å². The number of hydrogen-bond acceptors (Lipinski definition) is 10. The molecule has 8 nitrogen and oxygen atoms in total. The van der Waals surface area contributed by atoms with E-state index in [1.165, 1.54) is 32.5 Å². The molecule has 0 saturated carbocycles. The van der Waals surface area contributed by atoms with Crippen LogP contribution in [0.25, 0.3) is 10.4 Å². The van der Waals surface area contributed by atoms with Gasteiger partial charge < -0.3 is 18.9 Å². The molecule has 10 heteroatoms. The van der Waals surface area contributed by atoms with E-state index in [-0.39, 0.29) is 0 Å². The molecule has 4 rings (SSSR count). The lowest BCUT2D eigenvalue weighted by Crippen LogP contribution is -2.57. The monoisotopic (exact) mass is 596 g/mol. The minimum absolute atomic E-state index is 0.455. The van der Waals surface area contributed by atoms with Crippen LogP contribution in [0.15, 0.2) is 54.6 Å². The summed E-state index contributed by atoms with van der Waals surface area (Å²) in [4.78, 5) is 49.4. The molecule has 41 heavy (non-hydrogen) atoms. The average molecular weight is 597 g/mol. The van der Waals surface area contributed by atoms with Crippen molar-refractivity contribution in [1.82, 2.24) is 0 Å². The summed E-state index contributed by atoms with van der Waals surface area (Å²) in [5.41, 5.74) is 4.61. The second-order valence-electron chi connectivity index (χ2n) is 9.75. The number of aryl methyl sites for hydroxylation is 1. The number of thiophene rings is 1. The van der Waals surface area contributed by atoms with Gasteiger partial charge in [-0.05, 0) is 53.6 Å². The lowest BCUT2D eigenvalue weighted by molar-refractivity contribution is -0.266. The maximum atomic E-state index is 12.1.